The Morgan fingerprint density at radius 1 is 1.27 bits per heavy atom. The van der Waals surface area contributed by atoms with Gasteiger partial charge in [-0.05, 0) is 75.8 Å². The fourth-order valence-electron chi connectivity index (χ4n) is 2.11. The molecule has 6 heteroatoms. The van der Waals surface area contributed by atoms with Crippen molar-refractivity contribution in [1.29, 1.82) is 0 Å². The Hall–Kier alpha value is -1.37. The standard InChI is InChI=1S/C16H13BrN2OS2/c1-9-4-3-5-10(2)14(9)18-16-19-15(20)12(22-16)6-11-7-13(17)21-8-11/h3-8H,1-2H3,(H,18,19,20)/b12-6+. The molecule has 1 saturated heterocycles. The van der Waals surface area contributed by atoms with Crippen molar-refractivity contribution in [3.05, 3.63) is 55.0 Å². The molecule has 112 valence electrons. The van der Waals surface area contributed by atoms with Crippen molar-refractivity contribution in [1.82, 2.24) is 5.32 Å². The monoisotopic (exact) mass is 392 g/mol. The van der Waals surface area contributed by atoms with E-state index >= 15 is 0 Å². The van der Waals surface area contributed by atoms with Crippen LogP contribution in [0, 0.1) is 13.8 Å². The third-order valence-electron chi connectivity index (χ3n) is 3.19. The zero-order chi connectivity index (χ0) is 15.7. The van der Waals surface area contributed by atoms with E-state index in [0.717, 1.165) is 26.2 Å². The predicted octanol–water partition coefficient (Wildman–Crippen LogP) is 5.02. The molecular formula is C16H13BrN2OS2. The van der Waals surface area contributed by atoms with E-state index in [1.807, 2.05) is 49.6 Å². The number of halogens is 1. The van der Waals surface area contributed by atoms with Crippen molar-refractivity contribution in [2.45, 2.75) is 13.8 Å². The lowest BCUT2D eigenvalue weighted by Crippen LogP contribution is -2.19. The molecule has 1 aliphatic heterocycles. The molecular weight excluding hydrogens is 380 g/mol. The molecule has 3 nitrogen and oxygen atoms in total. The Balaban J connectivity index is 1.88. The SMILES string of the molecule is Cc1cccc(C)c1N=C1NC(=O)/C(=C\c2csc(Br)c2)S1. The molecule has 2 aromatic rings. The average molecular weight is 393 g/mol. The minimum absolute atomic E-state index is 0.0997. The summed E-state index contributed by atoms with van der Waals surface area (Å²) >= 11 is 6.40. The van der Waals surface area contributed by atoms with Crippen LogP contribution in [0.15, 0.2) is 43.3 Å². The second-order valence-electron chi connectivity index (χ2n) is 4.91. The second kappa shape index (κ2) is 6.40. The molecule has 0 atom stereocenters. The number of thiophene rings is 1. The Morgan fingerprint density at radius 3 is 2.64 bits per heavy atom. The number of benzene rings is 1. The van der Waals surface area contributed by atoms with Gasteiger partial charge in [0.2, 0.25) is 0 Å². The lowest BCUT2D eigenvalue weighted by atomic mass is 10.1. The molecule has 0 bridgehead atoms. The van der Waals surface area contributed by atoms with Crippen LogP contribution in [0.4, 0.5) is 5.69 Å². The number of aliphatic imine (C=N–C) groups is 1. The first-order chi connectivity index (χ1) is 10.5. The van der Waals surface area contributed by atoms with Crippen LogP contribution in [0.25, 0.3) is 6.08 Å². The van der Waals surface area contributed by atoms with E-state index in [1.54, 1.807) is 11.3 Å². The normalized spacial score (nSPS) is 18.2. The number of hydrogen-bond donors (Lipinski definition) is 1. The maximum atomic E-state index is 12.1. The van der Waals surface area contributed by atoms with Crippen LogP contribution in [0.5, 0.6) is 0 Å². The lowest BCUT2D eigenvalue weighted by Gasteiger charge is -2.04. The highest BCUT2D eigenvalue weighted by Crippen LogP contribution is 2.31. The maximum Gasteiger partial charge on any atom is 0.264 e. The van der Waals surface area contributed by atoms with Crippen LogP contribution in [-0.4, -0.2) is 11.1 Å². The summed E-state index contributed by atoms with van der Waals surface area (Å²) in [5.41, 5.74) is 4.13. The summed E-state index contributed by atoms with van der Waals surface area (Å²) in [5.74, 6) is -0.0997. The summed E-state index contributed by atoms with van der Waals surface area (Å²) < 4.78 is 1.05. The van der Waals surface area contributed by atoms with Gasteiger partial charge in [-0.15, -0.1) is 11.3 Å². The molecule has 1 aromatic carbocycles. The predicted molar refractivity (Wildman–Crippen MR) is 98.7 cm³/mol. The van der Waals surface area contributed by atoms with E-state index in [0.29, 0.717) is 10.1 Å². The number of nitrogens with one attached hydrogen (secondary N) is 1. The maximum absolute atomic E-state index is 12.1. The van der Waals surface area contributed by atoms with Crippen LogP contribution in [0.2, 0.25) is 0 Å². The van der Waals surface area contributed by atoms with E-state index in [1.165, 1.54) is 11.8 Å². The third-order valence-corrected chi connectivity index (χ3v) is 5.62. The van der Waals surface area contributed by atoms with Gasteiger partial charge in [-0.3, -0.25) is 4.79 Å². The quantitative estimate of drug-likeness (QED) is 0.728. The number of hydrogen-bond acceptors (Lipinski definition) is 4. The van der Waals surface area contributed by atoms with E-state index < -0.39 is 0 Å². The van der Waals surface area contributed by atoms with Crippen molar-refractivity contribution >= 4 is 61.9 Å². The molecule has 0 radical (unpaired) electrons. The van der Waals surface area contributed by atoms with Crippen LogP contribution in [0.3, 0.4) is 0 Å². The Morgan fingerprint density at radius 2 is 2.00 bits per heavy atom. The lowest BCUT2D eigenvalue weighted by molar-refractivity contribution is -0.115. The van der Waals surface area contributed by atoms with Crippen molar-refractivity contribution in [3.8, 4) is 0 Å². The van der Waals surface area contributed by atoms with E-state index in [-0.39, 0.29) is 5.91 Å². The number of amidine groups is 1. The fraction of sp³-hybridized carbons (Fsp3) is 0.125. The van der Waals surface area contributed by atoms with Crippen molar-refractivity contribution in [3.63, 3.8) is 0 Å². The summed E-state index contributed by atoms with van der Waals surface area (Å²) in [6, 6.07) is 8.04. The topological polar surface area (TPSA) is 41.5 Å². The fourth-order valence-corrected chi connectivity index (χ4v) is 4.08. The summed E-state index contributed by atoms with van der Waals surface area (Å²) in [6.07, 6.45) is 1.88. The number of thioether (sulfide) groups is 1. The van der Waals surface area contributed by atoms with Crippen molar-refractivity contribution in [2.24, 2.45) is 4.99 Å². The van der Waals surface area contributed by atoms with Crippen LogP contribution < -0.4 is 5.32 Å². The van der Waals surface area contributed by atoms with Crippen LogP contribution in [0.1, 0.15) is 16.7 Å². The number of para-hydroxylation sites is 1. The van der Waals surface area contributed by atoms with Gasteiger partial charge < -0.3 is 5.32 Å². The minimum atomic E-state index is -0.0997. The molecule has 1 N–H and O–H groups in total. The van der Waals surface area contributed by atoms with Gasteiger partial charge in [-0.25, -0.2) is 4.99 Å². The molecule has 1 fully saturated rings. The van der Waals surface area contributed by atoms with Gasteiger partial charge in [-0.1, -0.05) is 18.2 Å². The highest BCUT2D eigenvalue weighted by molar-refractivity contribution is 9.11. The zero-order valence-corrected chi connectivity index (χ0v) is 15.2. The van der Waals surface area contributed by atoms with Gasteiger partial charge in [0.25, 0.3) is 5.91 Å². The van der Waals surface area contributed by atoms with Crippen molar-refractivity contribution < 1.29 is 4.79 Å². The number of carbonyl (C=O) groups excluding carboxylic acids is 1. The first-order valence-electron chi connectivity index (χ1n) is 6.63. The van der Waals surface area contributed by atoms with Gasteiger partial charge in [-0.2, -0.15) is 0 Å². The van der Waals surface area contributed by atoms with E-state index in [2.05, 4.69) is 26.2 Å². The smallest absolute Gasteiger partial charge is 0.264 e. The summed E-state index contributed by atoms with van der Waals surface area (Å²) in [4.78, 5) is 17.3. The number of carbonyl (C=O) groups is 1. The molecule has 1 amide bonds. The highest BCUT2D eigenvalue weighted by atomic mass is 79.9. The number of amides is 1. The Kier molecular flexibility index (Phi) is 4.52. The molecule has 22 heavy (non-hydrogen) atoms. The van der Waals surface area contributed by atoms with Gasteiger partial charge in [0.1, 0.15) is 0 Å². The number of aryl methyl sites for hydroxylation is 2. The van der Waals surface area contributed by atoms with Gasteiger partial charge in [0.15, 0.2) is 5.17 Å². The molecule has 0 spiro atoms. The average Bonchev–Trinajstić information content (AvgIpc) is 3.01. The number of nitrogens with zero attached hydrogens (tertiary/aromatic N) is 1. The summed E-state index contributed by atoms with van der Waals surface area (Å²) in [7, 11) is 0. The molecule has 0 unspecified atom stereocenters. The van der Waals surface area contributed by atoms with E-state index in [4.69, 9.17) is 0 Å². The molecule has 1 aromatic heterocycles. The number of rotatable bonds is 2. The second-order valence-corrected chi connectivity index (χ2v) is 8.23. The van der Waals surface area contributed by atoms with Crippen LogP contribution >= 0.6 is 39.0 Å². The van der Waals surface area contributed by atoms with Crippen LogP contribution in [-0.2, 0) is 4.79 Å². The molecule has 2 heterocycles. The van der Waals surface area contributed by atoms with Crippen molar-refractivity contribution in [2.75, 3.05) is 0 Å². The zero-order valence-electron chi connectivity index (χ0n) is 12.0. The molecule has 0 saturated carbocycles. The molecule has 1 aliphatic rings. The third kappa shape index (κ3) is 3.34. The minimum Gasteiger partial charge on any atom is -0.300 e. The highest BCUT2D eigenvalue weighted by Gasteiger charge is 2.24. The van der Waals surface area contributed by atoms with Gasteiger partial charge >= 0.3 is 0 Å². The Bertz CT molecular complexity index is 788. The Labute approximate surface area is 145 Å². The first kappa shape index (κ1) is 15.5. The first-order valence-corrected chi connectivity index (χ1v) is 9.11. The summed E-state index contributed by atoms with van der Waals surface area (Å²) in [6.45, 7) is 4.04. The van der Waals surface area contributed by atoms with Gasteiger partial charge in [0.05, 0.1) is 14.4 Å². The molecule has 3 rings (SSSR count). The molecule has 0 aliphatic carbocycles. The summed E-state index contributed by atoms with van der Waals surface area (Å²) in [5, 5.41) is 5.46. The van der Waals surface area contributed by atoms with Gasteiger partial charge in [0, 0.05) is 0 Å². The van der Waals surface area contributed by atoms with E-state index in [9.17, 15) is 4.79 Å². The largest absolute Gasteiger partial charge is 0.300 e.